The number of hydrogen-bond acceptors (Lipinski definition) is 5. The smallest absolute Gasteiger partial charge is 0.261 e. The highest BCUT2D eigenvalue weighted by atomic mass is 16.6. The van der Waals surface area contributed by atoms with Gasteiger partial charge in [-0.05, 0) is 56.0 Å². The first-order chi connectivity index (χ1) is 15.5. The molecule has 2 aromatic carbocycles. The van der Waals surface area contributed by atoms with Crippen LogP contribution in [0.3, 0.4) is 0 Å². The van der Waals surface area contributed by atoms with Gasteiger partial charge in [0.25, 0.3) is 11.8 Å². The fourth-order valence-corrected chi connectivity index (χ4v) is 4.82. The van der Waals surface area contributed by atoms with Crippen LogP contribution >= 0.6 is 0 Å². The summed E-state index contributed by atoms with van der Waals surface area (Å²) in [4.78, 5) is 41.4. The van der Waals surface area contributed by atoms with Gasteiger partial charge in [0.05, 0.1) is 17.2 Å². The summed E-state index contributed by atoms with van der Waals surface area (Å²) in [6.45, 7) is 3.94. The molecule has 0 spiro atoms. The first-order valence-electron chi connectivity index (χ1n) is 11.2. The molecule has 0 saturated carbocycles. The molecule has 7 nitrogen and oxygen atoms in total. The molecule has 0 aromatic heterocycles. The van der Waals surface area contributed by atoms with Gasteiger partial charge in [-0.1, -0.05) is 17.7 Å². The number of rotatable bonds is 5. The van der Waals surface area contributed by atoms with E-state index >= 15 is 0 Å². The van der Waals surface area contributed by atoms with Gasteiger partial charge in [0, 0.05) is 19.5 Å². The Morgan fingerprint density at radius 1 is 1.00 bits per heavy atom. The van der Waals surface area contributed by atoms with Gasteiger partial charge >= 0.3 is 0 Å². The summed E-state index contributed by atoms with van der Waals surface area (Å²) in [5.74, 6) is 0.986. The molecule has 7 heteroatoms. The predicted molar refractivity (Wildman–Crippen MR) is 117 cm³/mol. The maximum atomic E-state index is 13.0. The number of aryl methyl sites for hydroxylation is 1. The normalized spacial score (nSPS) is 19.5. The van der Waals surface area contributed by atoms with Crippen LogP contribution in [0.1, 0.15) is 63.6 Å². The second-order valence-corrected chi connectivity index (χ2v) is 8.56. The molecule has 0 unspecified atom stereocenters. The molecular weight excluding hydrogens is 408 g/mol. The van der Waals surface area contributed by atoms with Gasteiger partial charge in [0.2, 0.25) is 5.91 Å². The number of ether oxygens (including phenoxy) is 2. The fraction of sp³-hybridized carbons (Fsp3) is 0.400. The molecule has 1 atom stereocenters. The Bertz CT molecular complexity index is 1100. The summed E-state index contributed by atoms with van der Waals surface area (Å²) >= 11 is 0. The number of carbonyl (C=O) groups is 3. The van der Waals surface area contributed by atoms with E-state index in [1.165, 1.54) is 4.90 Å². The molecule has 2 aromatic rings. The van der Waals surface area contributed by atoms with Crippen LogP contribution in [-0.2, 0) is 4.79 Å². The predicted octanol–water partition coefficient (Wildman–Crippen LogP) is 3.51. The average Bonchev–Trinajstić information content (AvgIpc) is 3.38. The van der Waals surface area contributed by atoms with Crippen molar-refractivity contribution in [2.75, 3.05) is 26.3 Å². The number of carbonyl (C=O) groups excluding carboxylic acids is 3. The maximum Gasteiger partial charge on any atom is 0.261 e. The third-order valence-corrected chi connectivity index (χ3v) is 6.42. The molecule has 3 heterocycles. The number of hydrogen-bond donors (Lipinski definition) is 0. The summed E-state index contributed by atoms with van der Waals surface area (Å²) in [6.07, 6.45) is 2.60. The van der Waals surface area contributed by atoms with E-state index in [0.29, 0.717) is 43.7 Å². The second-order valence-electron chi connectivity index (χ2n) is 8.56. The van der Waals surface area contributed by atoms with Gasteiger partial charge in [0.1, 0.15) is 13.2 Å². The number of benzene rings is 2. The van der Waals surface area contributed by atoms with E-state index in [0.717, 1.165) is 35.5 Å². The van der Waals surface area contributed by atoms with Crippen LogP contribution in [0.2, 0.25) is 0 Å². The van der Waals surface area contributed by atoms with Crippen LogP contribution in [0.4, 0.5) is 0 Å². The zero-order chi connectivity index (χ0) is 22.2. The highest BCUT2D eigenvalue weighted by Crippen LogP contribution is 2.38. The number of likely N-dealkylation sites (tertiary alicyclic amines) is 1. The Labute approximate surface area is 186 Å². The van der Waals surface area contributed by atoms with Gasteiger partial charge in [-0.15, -0.1) is 0 Å². The van der Waals surface area contributed by atoms with Crippen molar-refractivity contribution in [3.63, 3.8) is 0 Å². The number of amides is 3. The SMILES string of the molecule is Cc1ccc2c(c1)C(=O)N(CCCC(=O)N1CCC[C@H]1c1ccc3c(c1)OCCO3)C2=O. The van der Waals surface area contributed by atoms with Crippen molar-refractivity contribution >= 4 is 17.7 Å². The average molecular weight is 434 g/mol. The van der Waals surface area contributed by atoms with Crippen LogP contribution < -0.4 is 9.47 Å². The van der Waals surface area contributed by atoms with Crippen LogP contribution in [-0.4, -0.2) is 53.8 Å². The Hall–Kier alpha value is -3.35. The first kappa shape index (κ1) is 20.5. The minimum atomic E-state index is -0.271. The topological polar surface area (TPSA) is 76.2 Å². The van der Waals surface area contributed by atoms with E-state index in [-0.39, 0.29) is 30.3 Å². The van der Waals surface area contributed by atoms with Crippen molar-refractivity contribution in [2.24, 2.45) is 0 Å². The van der Waals surface area contributed by atoms with Gasteiger partial charge in [0.15, 0.2) is 11.5 Å². The van der Waals surface area contributed by atoms with Crippen molar-refractivity contribution in [2.45, 2.75) is 38.6 Å². The Balaban J connectivity index is 1.21. The molecule has 1 saturated heterocycles. The minimum Gasteiger partial charge on any atom is -0.486 e. The first-order valence-corrected chi connectivity index (χ1v) is 11.2. The highest BCUT2D eigenvalue weighted by molar-refractivity contribution is 6.21. The fourth-order valence-electron chi connectivity index (χ4n) is 4.82. The maximum absolute atomic E-state index is 13.0. The summed E-state index contributed by atoms with van der Waals surface area (Å²) < 4.78 is 11.3. The molecule has 3 aliphatic rings. The standard InChI is InChI=1S/C25H26N2O5/c1-16-6-8-18-19(14-16)25(30)27(24(18)29)11-3-5-23(28)26-10-2-4-20(26)17-7-9-21-22(15-17)32-13-12-31-21/h6-9,14-15,20H,2-5,10-13H2,1H3/t20-/m0/s1. The van der Waals surface area contributed by atoms with E-state index in [1.54, 1.807) is 12.1 Å². The summed E-state index contributed by atoms with van der Waals surface area (Å²) in [6, 6.07) is 11.2. The van der Waals surface area contributed by atoms with Gasteiger partial charge in [-0.25, -0.2) is 0 Å². The number of nitrogens with zero attached hydrogens (tertiary/aromatic N) is 2. The van der Waals surface area contributed by atoms with Crippen molar-refractivity contribution < 1.29 is 23.9 Å². The molecule has 5 rings (SSSR count). The summed E-state index contributed by atoms with van der Waals surface area (Å²) in [5.41, 5.74) is 2.90. The Morgan fingerprint density at radius 3 is 2.62 bits per heavy atom. The molecule has 3 amide bonds. The Kier molecular flexibility index (Phi) is 5.33. The lowest BCUT2D eigenvalue weighted by atomic mass is 10.0. The lowest BCUT2D eigenvalue weighted by Gasteiger charge is -2.27. The van der Waals surface area contributed by atoms with Crippen molar-refractivity contribution in [3.8, 4) is 11.5 Å². The van der Waals surface area contributed by atoms with E-state index in [2.05, 4.69) is 0 Å². The van der Waals surface area contributed by atoms with E-state index < -0.39 is 0 Å². The molecule has 0 aliphatic carbocycles. The molecule has 0 bridgehead atoms. The van der Waals surface area contributed by atoms with Crippen LogP contribution in [0, 0.1) is 6.92 Å². The van der Waals surface area contributed by atoms with Crippen LogP contribution in [0.25, 0.3) is 0 Å². The molecule has 32 heavy (non-hydrogen) atoms. The zero-order valence-electron chi connectivity index (χ0n) is 18.1. The van der Waals surface area contributed by atoms with Crippen molar-refractivity contribution in [1.82, 2.24) is 9.80 Å². The lowest BCUT2D eigenvalue weighted by Crippen LogP contribution is -2.33. The lowest BCUT2D eigenvalue weighted by molar-refractivity contribution is -0.132. The van der Waals surface area contributed by atoms with Gasteiger partial charge < -0.3 is 14.4 Å². The Morgan fingerprint density at radius 2 is 1.78 bits per heavy atom. The van der Waals surface area contributed by atoms with Gasteiger partial charge in [-0.2, -0.15) is 0 Å². The summed E-state index contributed by atoms with van der Waals surface area (Å²) in [7, 11) is 0. The van der Waals surface area contributed by atoms with E-state index in [1.807, 2.05) is 36.1 Å². The molecule has 1 fully saturated rings. The third-order valence-electron chi connectivity index (χ3n) is 6.42. The van der Waals surface area contributed by atoms with Crippen molar-refractivity contribution in [3.05, 3.63) is 58.7 Å². The molecule has 0 N–H and O–H groups in total. The third kappa shape index (κ3) is 3.61. The van der Waals surface area contributed by atoms with Gasteiger partial charge in [-0.3, -0.25) is 19.3 Å². The summed E-state index contributed by atoms with van der Waals surface area (Å²) in [5, 5.41) is 0. The quantitative estimate of drug-likeness (QED) is 0.673. The molecule has 166 valence electrons. The number of fused-ring (bicyclic) bond motifs is 2. The second kappa shape index (κ2) is 8.30. The van der Waals surface area contributed by atoms with E-state index in [4.69, 9.17) is 9.47 Å². The monoisotopic (exact) mass is 434 g/mol. The molecule has 3 aliphatic heterocycles. The number of imide groups is 1. The van der Waals surface area contributed by atoms with E-state index in [9.17, 15) is 14.4 Å². The zero-order valence-corrected chi connectivity index (χ0v) is 18.1. The molecular formula is C25H26N2O5. The van der Waals surface area contributed by atoms with Crippen molar-refractivity contribution in [1.29, 1.82) is 0 Å². The molecule has 0 radical (unpaired) electrons. The highest BCUT2D eigenvalue weighted by Gasteiger charge is 2.36. The van der Waals surface area contributed by atoms with Crippen LogP contribution in [0.15, 0.2) is 36.4 Å². The van der Waals surface area contributed by atoms with Crippen LogP contribution in [0.5, 0.6) is 11.5 Å². The largest absolute Gasteiger partial charge is 0.486 e. The minimum absolute atomic E-state index is 0.0145.